The molecule has 4 heteroatoms. The van der Waals surface area contributed by atoms with Crippen molar-refractivity contribution in [2.24, 2.45) is 11.5 Å². The van der Waals surface area contributed by atoms with E-state index in [9.17, 15) is 5.11 Å². The minimum atomic E-state index is -0.172. The molecule has 0 bridgehead atoms. The van der Waals surface area contributed by atoms with Gasteiger partial charge in [0.15, 0.2) is 0 Å². The molecule has 0 aliphatic rings. The van der Waals surface area contributed by atoms with Crippen LogP contribution in [-0.4, -0.2) is 11.7 Å². The highest BCUT2D eigenvalue weighted by atomic mass is 16.5. The molecule has 0 aliphatic carbocycles. The average Bonchev–Trinajstić information content (AvgIpc) is 2.54. The number of nitrogens with two attached hydrogens (primary N) is 2. The van der Waals surface area contributed by atoms with Crippen LogP contribution in [0.2, 0.25) is 0 Å². The molecule has 0 fully saturated rings. The molecule has 2 rings (SSSR count). The Balaban J connectivity index is 1.94. The quantitative estimate of drug-likeness (QED) is 0.654. The normalized spacial score (nSPS) is 12.1. The lowest BCUT2D eigenvalue weighted by Gasteiger charge is -2.15. The molecule has 0 aromatic heterocycles. The molecule has 0 spiro atoms. The predicted molar refractivity (Wildman–Crippen MR) is 88.7 cm³/mol. The molecule has 0 saturated carbocycles. The smallest absolute Gasteiger partial charge is 0.124 e. The molecular weight excluding hydrogens is 276 g/mol. The van der Waals surface area contributed by atoms with Gasteiger partial charge in [-0.1, -0.05) is 42.8 Å². The molecule has 0 amide bonds. The van der Waals surface area contributed by atoms with Crippen LogP contribution < -0.4 is 16.2 Å². The van der Waals surface area contributed by atoms with E-state index in [1.54, 1.807) is 6.07 Å². The first-order valence-corrected chi connectivity index (χ1v) is 7.66. The maximum Gasteiger partial charge on any atom is 0.124 e. The zero-order valence-corrected chi connectivity index (χ0v) is 12.7. The van der Waals surface area contributed by atoms with E-state index in [0.717, 1.165) is 30.4 Å². The number of unbranched alkanes of at least 4 members (excludes halogenated alkanes) is 1. The van der Waals surface area contributed by atoms with Gasteiger partial charge in [0, 0.05) is 17.7 Å². The fourth-order valence-electron chi connectivity index (χ4n) is 2.33. The summed E-state index contributed by atoms with van der Waals surface area (Å²) in [6, 6.07) is 15.1. The molecule has 118 valence electrons. The van der Waals surface area contributed by atoms with Gasteiger partial charge in [-0.05, 0) is 31.0 Å². The zero-order chi connectivity index (χ0) is 15.8. The maximum atomic E-state index is 10.1. The summed E-state index contributed by atoms with van der Waals surface area (Å²) in [4.78, 5) is 0. The van der Waals surface area contributed by atoms with Crippen molar-refractivity contribution in [3.05, 3.63) is 59.7 Å². The standard InChI is InChI=1S/C18H24N2O2/c19-11-5-4-8-17(20)16-10-9-15(12-18(16)21)22-13-14-6-2-1-3-7-14/h1-3,6-7,9-10,12,17,21H,4-5,8,11,13,19-20H2/t17-/m0/s1. The third-order valence-corrected chi connectivity index (χ3v) is 3.62. The van der Waals surface area contributed by atoms with Crippen molar-refractivity contribution < 1.29 is 9.84 Å². The van der Waals surface area contributed by atoms with Crippen LogP contribution in [0.4, 0.5) is 0 Å². The molecule has 0 radical (unpaired) electrons. The summed E-state index contributed by atoms with van der Waals surface area (Å²) in [6.07, 6.45) is 2.73. The van der Waals surface area contributed by atoms with E-state index in [0.29, 0.717) is 18.9 Å². The molecule has 1 atom stereocenters. The number of aromatic hydroxyl groups is 1. The van der Waals surface area contributed by atoms with Gasteiger partial charge in [0.2, 0.25) is 0 Å². The summed E-state index contributed by atoms with van der Waals surface area (Å²) in [6.45, 7) is 1.15. The fraction of sp³-hybridized carbons (Fsp3) is 0.333. The van der Waals surface area contributed by atoms with Crippen molar-refractivity contribution in [2.45, 2.75) is 31.9 Å². The van der Waals surface area contributed by atoms with Crippen LogP contribution in [-0.2, 0) is 6.61 Å². The average molecular weight is 300 g/mol. The van der Waals surface area contributed by atoms with Gasteiger partial charge in [-0.3, -0.25) is 0 Å². The Morgan fingerprint density at radius 2 is 1.82 bits per heavy atom. The molecule has 5 N–H and O–H groups in total. The number of phenols is 1. The van der Waals surface area contributed by atoms with Crippen LogP contribution in [0.1, 0.15) is 36.4 Å². The van der Waals surface area contributed by atoms with Crippen molar-refractivity contribution in [3.63, 3.8) is 0 Å². The van der Waals surface area contributed by atoms with Crippen molar-refractivity contribution in [1.29, 1.82) is 0 Å². The third kappa shape index (κ3) is 4.76. The number of hydrogen-bond acceptors (Lipinski definition) is 4. The number of hydrogen-bond donors (Lipinski definition) is 3. The van der Waals surface area contributed by atoms with Gasteiger partial charge in [-0.15, -0.1) is 0 Å². The zero-order valence-electron chi connectivity index (χ0n) is 12.7. The summed E-state index contributed by atoms with van der Waals surface area (Å²) in [5.41, 5.74) is 13.4. The molecule has 0 saturated heterocycles. The SMILES string of the molecule is NCCCC[C@H](N)c1ccc(OCc2ccccc2)cc1O. The molecule has 0 aliphatic heterocycles. The Morgan fingerprint density at radius 1 is 1.05 bits per heavy atom. The number of phenolic OH excluding ortho intramolecular Hbond substituents is 1. The summed E-state index contributed by atoms with van der Waals surface area (Å²) in [5, 5.41) is 10.1. The van der Waals surface area contributed by atoms with Crippen LogP contribution in [0.3, 0.4) is 0 Å². The molecule has 0 heterocycles. The van der Waals surface area contributed by atoms with Gasteiger partial charge in [0.1, 0.15) is 18.1 Å². The lowest BCUT2D eigenvalue weighted by molar-refractivity contribution is 0.304. The second kappa shape index (κ2) is 8.41. The Labute approximate surface area is 131 Å². The van der Waals surface area contributed by atoms with Crippen LogP contribution in [0, 0.1) is 0 Å². The van der Waals surface area contributed by atoms with Crippen molar-refractivity contribution in [1.82, 2.24) is 0 Å². The summed E-state index contributed by atoms with van der Waals surface area (Å²) < 4.78 is 5.69. The van der Waals surface area contributed by atoms with Gasteiger partial charge in [0.25, 0.3) is 0 Å². The highest BCUT2D eigenvalue weighted by Gasteiger charge is 2.11. The number of benzene rings is 2. The second-order valence-electron chi connectivity index (χ2n) is 5.39. The fourth-order valence-corrected chi connectivity index (χ4v) is 2.33. The van der Waals surface area contributed by atoms with E-state index in [-0.39, 0.29) is 11.8 Å². The first kappa shape index (κ1) is 16.3. The lowest BCUT2D eigenvalue weighted by atomic mass is 10.0. The number of ether oxygens (including phenoxy) is 1. The van der Waals surface area contributed by atoms with E-state index >= 15 is 0 Å². The molecule has 0 unspecified atom stereocenters. The highest BCUT2D eigenvalue weighted by molar-refractivity contribution is 5.41. The van der Waals surface area contributed by atoms with Gasteiger partial charge in [0.05, 0.1) is 0 Å². The predicted octanol–water partition coefficient (Wildman–Crippen LogP) is 3.10. The van der Waals surface area contributed by atoms with Crippen molar-refractivity contribution in [3.8, 4) is 11.5 Å². The summed E-state index contributed by atoms with van der Waals surface area (Å²) in [7, 11) is 0. The lowest BCUT2D eigenvalue weighted by Crippen LogP contribution is -2.11. The van der Waals surface area contributed by atoms with Gasteiger partial charge >= 0.3 is 0 Å². The van der Waals surface area contributed by atoms with Crippen LogP contribution in [0.15, 0.2) is 48.5 Å². The summed E-state index contributed by atoms with van der Waals surface area (Å²) >= 11 is 0. The first-order chi connectivity index (χ1) is 10.7. The minimum Gasteiger partial charge on any atom is -0.507 e. The van der Waals surface area contributed by atoms with Crippen molar-refractivity contribution in [2.75, 3.05) is 6.54 Å². The second-order valence-corrected chi connectivity index (χ2v) is 5.39. The van der Waals surface area contributed by atoms with E-state index in [2.05, 4.69) is 0 Å². The molecule has 2 aromatic rings. The third-order valence-electron chi connectivity index (χ3n) is 3.62. The van der Waals surface area contributed by atoms with Crippen molar-refractivity contribution >= 4 is 0 Å². The highest BCUT2D eigenvalue weighted by Crippen LogP contribution is 2.30. The van der Waals surface area contributed by atoms with Gasteiger partial charge in [-0.2, -0.15) is 0 Å². The van der Waals surface area contributed by atoms with E-state index < -0.39 is 0 Å². The van der Waals surface area contributed by atoms with Gasteiger partial charge in [-0.25, -0.2) is 0 Å². The van der Waals surface area contributed by atoms with E-state index in [4.69, 9.17) is 16.2 Å². The topological polar surface area (TPSA) is 81.5 Å². The van der Waals surface area contributed by atoms with Crippen LogP contribution in [0.5, 0.6) is 11.5 Å². The first-order valence-electron chi connectivity index (χ1n) is 7.66. The summed E-state index contributed by atoms with van der Waals surface area (Å²) in [5.74, 6) is 0.824. The van der Waals surface area contributed by atoms with Gasteiger partial charge < -0.3 is 21.3 Å². The molecule has 22 heavy (non-hydrogen) atoms. The largest absolute Gasteiger partial charge is 0.507 e. The monoisotopic (exact) mass is 300 g/mol. The molecule has 4 nitrogen and oxygen atoms in total. The Bertz CT molecular complexity index is 573. The van der Waals surface area contributed by atoms with E-state index in [1.165, 1.54) is 0 Å². The molecule has 2 aromatic carbocycles. The van der Waals surface area contributed by atoms with Crippen LogP contribution in [0.25, 0.3) is 0 Å². The molecular formula is C18H24N2O2. The Kier molecular flexibility index (Phi) is 6.25. The number of rotatable bonds is 8. The van der Waals surface area contributed by atoms with E-state index in [1.807, 2.05) is 42.5 Å². The van der Waals surface area contributed by atoms with Crippen LogP contribution >= 0.6 is 0 Å². The Morgan fingerprint density at radius 3 is 2.50 bits per heavy atom. The minimum absolute atomic E-state index is 0.172. The maximum absolute atomic E-state index is 10.1. The Hall–Kier alpha value is -2.04.